The molecular formula is C14H28N2O2. The normalized spacial score (nSPS) is 21.6. The minimum absolute atomic E-state index is 0.265. The summed E-state index contributed by atoms with van der Waals surface area (Å²) in [4.78, 5) is 14.3. The quantitative estimate of drug-likeness (QED) is 0.755. The average molecular weight is 256 g/mol. The van der Waals surface area contributed by atoms with Crippen LogP contribution in [-0.4, -0.2) is 49.7 Å². The molecule has 1 amide bonds. The van der Waals surface area contributed by atoms with Gasteiger partial charge in [-0.2, -0.15) is 0 Å². The van der Waals surface area contributed by atoms with Crippen molar-refractivity contribution < 1.29 is 9.53 Å². The number of nitrogens with one attached hydrogen (secondary N) is 1. The summed E-state index contributed by atoms with van der Waals surface area (Å²) in [7, 11) is 1.68. The van der Waals surface area contributed by atoms with Crippen molar-refractivity contribution in [3.63, 3.8) is 0 Å². The lowest BCUT2D eigenvalue weighted by Gasteiger charge is -2.31. The third kappa shape index (κ3) is 4.94. The Morgan fingerprint density at radius 1 is 1.50 bits per heavy atom. The van der Waals surface area contributed by atoms with Gasteiger partial charge >= 0.3 is 0 Å². The lowest BCUT2D eigenvalue weighted by atomic mass is 10.0. The van der Waals surface area contributed by atoms with Crippen molar-refractivity contribution in [2.75, 3.05) is 26.8 Å². The molecule has 1 aliphatic rings. The molecule has 2 atom stereocenters. The van der Waals surface area contributed by atoms with Gasteiger partial charge in [0.1, 0.15) is 0 Å². The fourth-order valence-electron chi connectivity index (χ4n) is 2.43. The molecule has 0 saturated carbocycles. The number of piperidine rings is 1. The van der Waals surface area contributed by atoms with Crippen LogP contribution in [0.15, 0.2) is 0 Å². The molecule has 1 heterocycles. The van der Waals surface area contributed by atoms with Gasteiger partial charge in [-0.25, -0.2) is 0 Å². The number of methoxy groups -OCH3 is 1. The maximum Gasteiger partial charge on any atom is 0.224 e. The van der Waals surface area contributed by atoms with Gasteiger partial charge in [0.2, 0.25) is 5.91 Å². The third-order valence-corrected chi connectivity index (χ3v) is 3.81. The van der Waals surface area contributed by atoms with Gasteiger partial charge in [0.05, 0.1) is 6.61 Å². The number of ether oxygens (including phenoxy) is 1. The van der Waals surface area contributed by atoms with E-state index in [4.69, 9.17) is 4.74 Å². The van der Waals surface area contributed by atoms with Crippen LogP contribution in [0.2, 0.25) is 0 Å². The van der Waals surface area contributed by atoms with Crippen LogP contribution in [0, 0.1) is 0 Å². The Morgan fingerprint density at radius 3 is 2.83 bits per heavy atom. The molecular weight excluding hydrogens is 228 g/mol. The van der Waals surface area contributed by atoms with Crippen molar-refractivity contribution in [2.45, 2.75) is 58.0 Å². The summed E-state index contributed by atoms with van der Waals surface area (Å²) in [6, 6.07) is 0.677. The molecule has 0 bridgehead atoms. The van der Waals surface area contributed by atoms with Crippen molar-refractivity contribution in [3.05, 3.63) is 0 Å². The van der Waals surface area contributed by atoms with Gasteiger partial charge in [0, 0.05) is 32.2 Å². The van der Waals surface area contributed by atoms with Crippen LogP contribution in [0.1, 0.15) is 46.0 Å². The summed E-state index contributed by atoms with van der Waals surface area (Å²) in [6.07, 6.45) is 5.24. The summed E-state index contributed by atoms with van der Waals surface area (Å²) >= 11 is 0. The van der Waals surface area contributed by atoms with Crippen LogP contribution in [0.5, 0.6) is 0 Å². The van der Waals surface area contributed by atoms with Crippen molar-refractivity contribution in [1.29, 1.82) is 0 Å². The Morgan fingerprint density at radius 2 is 2.28 bits per heavy atom. The van der Waals surface area contributed by atoms with E-state index in [9.17, 15) is 4.79 Å². The van der Waals surface area contributed by atoms with E-state index in [0.29, 0.717) is 31.7 Å². The molecule has 0 aromatic carbocycles. The first-order valence-corrected chi connectivity index (χ1v) is 7.20. The first kappa shape index (κ1) is 15.4. The first-order chi connectivity index (χ1) is 8.69. The van der Waals surface area contributed by atoms with E-state index in [2.05, 4.69) is 19.2 Å². The highest BCUT2D eigenvalue weighted by Gasteiger charge is 2.23. The number of hydrogen-bond donors (Lipinski definition) is 1. The second-order valence-electron chi connectivity index (χ2n) is 5.19. The zero-order valence-corrected chi connectivity index (χ0v) is 12.1. The van der Waals surface area contributed by atoms with E-state index in [1.165, 1.54) is 12.8 Å². The first-order valence-electron chi connectivity index (χ1n) is 7.20. The molecule has 0 spiro atoms. The SMILES string of the molecule is CCC(C)N(CCOC)C(=O)CC1CCCCN1. The van der Waals surface area contributed by atoms with Crippen LogP contribution >= 0.6 is 0 Å². The predicted octanol–water partition coefficient (Wildman–Crippen LogP) is 1.79. The molecule has 4 nitrogen and oxygen atoms in total. The van der Waals surface area contributed by atoms with Gasteiger partial charge in [0.25, 0.3) is 0 Å². The van der Waals surface area contributed by atoms with Crippen molar-refractivity contribution >= 4 is 5.91 Å². The van der Waals surface area contributed by atoms with Gasteiger partial charge in [-0.3, -0.25) is 4.79 Å². The van der Waals surface area contributed by atoms with Crippen molar-refractivity contribution in [1.82, 2.24) is 10.2 Å². The van der Waals surface area contributed by atoms with E-state index in [-0.39, 0.29) is 5.91 Å². The third-order valence-electron chi connectivity index (χ3n) is 3.81. The Bertz CT molecular complexity index is 240. The number of hydrogen-bond acceptors (Lipinski definition) is 3. The Labute approximate surface area is 111 Å². The smallest absolute Gasteiger partial charge is 0.224 e. The van der Waals surface area contributed by atoms with E-state index < -0.39 is 0 Å². The highest BCUT2D eigenvalue weighted by Crippen LogP contribution is 2.13. The monoisotopic (exact) mass is 256 g/mol. The fourth-order valence-corrected chi connectivity index (χ4v) is 2.43. The van der Waals surface area contributed by atoms with Crippen molar-refractivity contribution in [3.8, 4) is 0 Å². The molecule has 0 aliphatic carbocycles. The van der Waals surface area contributed by atoms with Gasteiger partial charge in [-0.05, 0) is 32.7 Å². The predicted molar refractivity (Wildman–Crippen MR) is 73.6 cm³/mol. The molecule has 1 saturated heterocycles. The van der Waals surface area contributed by atoms with Gasteiger partial charge in [-0.1, -0.05) is 13.3 Å². The van der Waals surface area contributed by atoms with Crippen LogP contribution < -0.4 is 5.32 Å². The molecule has 106 valence electrons. The highest BCUT2D eigenvalue weighted by molar-refractivity contribution is 5.77. The molecule has 1 aliphatic heterocycles. The summed E-state index contributed by atoms with van der Waals surface area (Å²) in [6.45, 7) is 6.61. The molecule has 1 rings (SSSR count). The van der Waals surface area contributed by atoms with E-state index in [1.54, 1.807) is 7.11 Å². The zero-order valence-electron chi connectivity index (χ0n) is 12.1. The molecule has 2 unspecified atom stereocenters. The Balaban J connectivity index is 2.46. The molecule has 4 heteroatoms. The standard InChI is InChI=1S/C14H28N2O2/c1-4-12(2)16(9-10-18-3)14(17)11-13-7-5-6-8-15-13/h12-13,15H,4-11H2,1-3H3. The van der Waals surface area contributed by atoms with Crippen molar-refractivity contribution in [2.24, 2.45) is 0 Å². The largest absolute Gasteiger partial charge is 0.383 e. The highest BCUT2D eigenvalue weighted by atomic mass is 16.5. The fraction of sp³-hybridized carbons (Fsp3) is 0.929. The summed E-state index contributed by atoms with van der Waals surface area (Å²) in [5.41, 5.74) is 0. The number of nitrogens with zero attached hydrogens (tertiary/aromatic N) is 1. The maximum atomic E-state index is 12.3. The van der Waals surface area contributed by atoms with E-state index >= 15 is 0 Å². The van der Waals surface area contributed by atoms with E-state index in [0.717, 1.165) is 19.4 Å². The van der Waals surface area contributed by atoms with Crippen LogP contribution in [0.3, 0.4) is 0 Å². The number of rotatable bonds is 7. The van der Waals surface area contributed by atoms with Crippen LogP contribution in [0.4, 0.5) is 0 Å². The maximum absolute atomic E-state index is 12.3. The minimum atomic E-state index is 0.265. The molecule has 0 radical (unpaired) electrons. The molecule has 0 aromatic rings. The Hall–Kier alpha value is -0.610. The molecule has 1 fully saturated rings. The number of carbonyl (C=O) groups is 1. The summed E-state index contributed by atoms with van der Waals surface area (Å²) < 4.78 is 5.10. The van der Waals surface area contributed by atoms with Gasteiger partial charge in [-0.15, -0.1) is 0 Å². The van der Waals surface area contributed by atoms with Gasteiger partial charge in [0.15, 0.2) is 0 Å². The van der Waals surface area contributed by atoms with Crippen LogP contribution in [0.25, 0.3) is 0 Å². The Kier molecular flexibility index (Phi) is 7.28. The lowest BCUT2D eigenvalue weighted by molar-refractivity contribution is -0.134. The minimum Gasteiger partial charge on any atom is -0.383 e. The second kappa shape index (κ2) is 8.48. The van der Waals surface area contributed by atoms with Crippen LogP contribution in [-0.2, 0) is 9.53 Å². The lowest BCUT2D eigenvalue weighted by Crippen LogP contribution is -2.44. The molecule has 0 aromatic heterocycles. The second-order valence-corrected chi connectivity index (χ2v) is 5.19. The van der Waals surface area contributed by atoms with Gasteiger partial charge < -0.3 is 15.0 Å². The number of amides is 1. The topological polar surface area (TPSA) is 41.6 Å². The number of carbonyl (C=O) groups excluding carboxylic acids is 1. The molecule has 18 heavy (non-hydrogen) atoms. The zero-order chi connectivity index (χ0) is 13.4. The summed E-state index contributed by atoms with van der Waals surface area (Å²) in [5.74, 6) is 0.265. The average Bonchev–Trinajstić information content (AvgIpc) is 2.40. The summed E-state index contributed by atoms with van der Waals surface area (Å²) in [5, 5.41) is 3.44. The molecule has 1 N–H and O–H groups in total. The van der Waals surface area contributed by atoms with E-state index in [1.807, 2.05) is 4.90 Å².